The summed E-state index contributed by atoms with van der Waals surface area (Å²) in [5.74, 6) is -0.866. The molecule has 104 valence electrons. The lowest BCUT2D eigenvalue weighted by Crippen LogP contribution is -2.44. The van der Waals surface area contributed by atoms with Gasteiger partial charge in [0, 0.05) is 19.1 Å². The normalized spacial score (nSPS) is 16.7. The zero-order valence-corrected chi connectivity index (χ0v) is 12.1. The number of nitrogens with one attached hydrogen (secondary N) is 1. The number of rotatable bonds is 2. The topological polar surface area (TPSA) is 32.3 Å². The second kappa shape index (κ2) is 6.07. The van der Waals surface area contributed by atoms with Crippen molar-refractivity contribution in [3.8, 4) is 0 Å². The Morgan fingerprint density at radius 3 is 2.53 bits per heavy atom. The number of carbonyl (C=O) groups excluding carboxylic acids is 1. The van der Waals surface area contributed by atoms with Gasteiger partial charge in [-0.15, -0.1) is 0 Å². The van der Waals surface area contributed by atoms with Gasteiger partial charge in [0.25, 0.3) is 5.91 Å². The second-order valence-electron chi connectivity index (χ2n) is 4.60. The third-order valence-electron chi connectivity index (χ3n) is 3.43. The van der Waals surface area contributed by atoms with E-state index in [1.165, 1.54) is 6.07 Å². The zero-order chi connectivity index (χ0) is 14.0. The van der Waals surface area contributed by atoms with E-state index in [1.54, 1.807) is 4.90 Å². The van der Waals surface area contributed by atoms with Gasteiger partial charge in [-0.2, -0.15) is 0 Å². The van der Waals surface area contributed by atoms with E-state index in [0.717, 1.165) is 18.9 Å². The molecule has 0 atom stereocenters. The highest BCUT2D eigenvalue weighted by Gasteiger charge is 2.24. The van der Waals surface area contributed by atoms with Crippen LogP contribution in [0.25, 0.3) is 0 Å². The van der Waals surface area contributed by atoms with Crippen molar-refractivity contribution < 1.29 is 9.18 Å². The Hall–Kier alpha value is -0.840. The van der Waals surface area contributed by atoms with Gasteiger partial charge in [0.1, 0.15) is 5.82 Å². The molecular weight excluding hydrogens is 290 g/mol. The van der Waals surface area contributed by atoms with E-state index in [2.05, 4.69) is 5.32 Å². The summed E-state index contributed by atoms with van der Waals surface area (Å²) in [4.78, 5) is 14.0. The fourth-order valence-corrected chi connectivity index (χ4v) is 2.69. The monoisotopic (exact) mass is 304 g/mol. The molecule has 1 N–H and O–H groups in total. The minimum Gasteiger partial charge on any atom is -0.338 e. The van der Waals surface area contributed by atoms with E-state index in [9.17, 15) is 9.18 Å². The predicted octanol–water partition coefficient (Wildman–Crippen LogP) is 2.96. The fraction of sp³-hybridized carbons (Fsp3) is 0.462. The van der Waals surface area contributed by atoms with E-state index in [-0.39, 0.29) is 21.5 Å². The molecule has 0 unspecified atom stereocenters. The Labute approximate surface area is 121 Å². The van der Waals surface area contributed by atoms with Crippen LogP contribution in [0.1, 0.15) is 23.2 Å². The molecule has 1 aromatic rings. The Morgan fingerprint density at radius 1 is 1.32 bits per heavy atom. The van der Waals surface area contributed by atoms with Crippen molar-refractivity contribution in [2.75, 3.05) is 20.1 Å². The molecule has 1 aliphatic heterocycles. The van der Waals surface area contributed by atoms with Crippen LogP contribution in [0, 0.1) is 5.82 Å². The van der Waals surface area contributed by atoms with E-state index in [0.29, 0.717) is 19.1 Å². The Morgan fingerprint density at radius 2 is 1.95 bits per heavy atom. The number of hydrogen-bond donors (Lipinski definition) is 1. The number of benzene rings is 1. The van der Waals surface area contributed by atoms with Crippen LogP contribution in [-0.2, 0) is 0 Å². The van der Waals surface area contributed by atoms with Gasteiger partial charge in [-0.3, -0.25) is 4.79 Å². The van der Waals surface area contributed by atoms with Crippen LogP contribution in [-0.4, -0.2) is 37.0 Å². The van der Waals surface area contributed by atoms with Crippen molar-refractivity contribution in [1.29, 1.82) is 0 Å². The fourth-order valence-electron chi connectivity index (χ4n) is 2.23. The van der Waals surface area contributed by atoms with Crippen LogP contribution in [0.2, 0.25) is 10.0 Å². The van der Waals surface area contributed by atoms with E-state index in [4.69, 9.17) is 23.2 Å². The summed E-state index contributed by atoms with van der Waals surface area (Å²) < 4.78 is 13.4. The number of likely N-dealkylation sites (tertiary alicyclic amines) is 1. The first-order valence-corrected chi connectivity index (χ1v) is 6.89. The van der Waals surface area contributed by atoms with Gasteiger partial charge in [-0.05, 0) is 32.0 Å². The predicted molar refractivity (Wildman–Crippen MR) is 74.4 cm³/mol. The maximum atomic E-state index is 13.4. The molecule has 1 fully saturated rings. The first-order chi connectivity index (χ1) is 9.02. The first kappa shape index (κ1) is 14.6. The van der Waals surface area contributed by atoms with Crippen LogP contribution in [0.5, 0.6) is 0 Å². The van der Waals surface area contributed by atoms with Gasteiger partial charge in [-0.25, -0.2) is 4.39 Å². The third kappa shape index (κ3) is 3.19. The molecule has 1 amide bonds. The lowest BCUT2D eigenvalue weighted by Gasteiger charge is -2.32. The van der Waals surface area contributed by atoms with E-state index in [1.807, 2.05) is 7.05 Å². The highest BCUT2D eigenvalue weighted by Crippen LogP contribution is 2.26. The van der Waals surface area contributed by atoms with Crippen molar-refractivity contribution in [2.24, 2.45) is 0 Å². The summed E-state index contributed by atoms with van der Waals surface area (Å²) >= 11 is 11.6. The van der Waals surface area contributed by atoms with Gasteiger partial charge in [0.15, 0.2) is 0 Å². The average Bonchev–Trinajstić information content (AvgIpc) is 2.42. The van der Waals surface area contributed by atoms with Crippen LogP contribution >= 0.6 is 23.2 Å². The lowest BCUT2D eigenvalue weighted by molar-refractivity contribution is 0.0707. The molecule has 6 heteroatoms. The minimum atomic E-state index is -0.625. The molecule has 0 saturated carbocycles. The van der Waals surface area contributed by atoms with Gasteiger partial charge in [0.05, 0.1) is 15.6 Å². The summed E-state index contributed by atoms with van der Waals surface area (Å²) in [5, 5.41) is 3.30. The highest BCUT2D eigenvalue weighted by atomic mass is 35.5. The van der Waals surface area contributed by atoms with Crippen molar-refractivity contribution >= 4 is 29.1 Å². The molecule has 0 aliphatic carbocycles. The Balaban J connectivity index is 2.14. The van der Waals surface area contributed by atoms with Gasteiger partial charge in [-0.1, -0.05) is 23.2 Å². The number of amides is 1. The lowest BCUT2D eigenvalue weighted by atomic mass is 10.0. The first-order valence-electron chi connectivity index (χ1n) is 6.14. The number of piperidine rings is 1. The van der Waals surface area contributed by atoms with Gasteiger partial charge >= 0.3 is 0 Å². The molecule has 19 heavy (non-hydrogen) atoms. The maximum Gasteiger partial charge on any atom is 0.255 e. The molecule has 1 saturated heterocycles. The smallest absolute Gasteiger partial charge is 0.255 e. The average molecular weight is 305 g/mol. The summed E-state index contributed by atoms with van der Waals surface area (Å²) in [5.41, 5.74) is 0.173. The Bertz CT molecular complexity index is 488. The summed E-state index contributed by atoms with van der Waals surface area (Å²) in [6, 6.07) is 2.81. The SMILES string of the molecule is CNC1CCN(C(=O)c2cc(F)c(Cl)cc2Cl)CC1. The molecule has 0 spiro atoms. The highest BCUT2D eigenvalue weighted by molar-refractivity contribution is 6.36. The van der Waals surface area contributed by atoms with Crippen molar-refractivity contribution in [2.45, 2.75) is 18.9 Å². The minimum absolute atomic E-state index is 0.0737. The number of nitrogens with zero attached hydrogens (tertiary/aromatic N) is 1. The summed E-state index contributed by atoms with van der Waals surface area (Å²) in [6.07, 6.45) is 1.77. The molecule has 2 rings (SSSR count). The van der Waals surface area contributed by atoms with Crippen LogP contribution in [0.4, 0.5) is 4.39 Å². The zero-order valence-electron chi connectivity index (χ0n) is 10.5. The number of halogens is 3. The van der Waals surface area contributed by atoms with Crippen LogP contribution in [0.3, 0.4) is 0 Å². The molecule has 0 radical (unpaired) electrons. The molecule has 1 aromatic carbocycles. The standard InChI is InChI=1S/C13H15Cl2FN2O/c1-17-8-2-4-18(5-3-8)13(19)9-6-12(16)11(15)7-10(9)14/h6-8,17H,2-5H2,1H3. The number of hydrogen-bond acceptors (Lipinski definition) is 2. The molecular formula is C13H15Cl2FN2O. The van der Waals surface area contributed by atoms with Crippen molar-refractivity contribution in [1.82, 2.24) is 10.2 Å². The van der Waals surface area contributed by atoms with Gasteiger partial charge < -0.3 is 10.2 Å². The second-order valence-corrected chi connectivity index (χ2v) is 5.42. The quantitative estimate of drug-likeness (QED) is 0.852. The molecule has 3 nitrogen and oxygen atoms in total. The summed E-state index contributed by atoms with van der Waals surface area (Å²) in [6.45, 7) is 1.29. The van der Waals surface area contributed by atoms with Gasteiger partial charge in [0.2, 0.25) is 0 Å². The van der Waals surface area contributed by atoms with E-state index >= 15 is 0 Å². The molecule has 1 heterocycles. The van der Waals surface area contributed by atoms with Crippen molar-refractivity contribution in [3.63, 3.8) is 0 Å². The van der Waals surface area contributed by atoms with E-state index < -0.39 is 5.82 Å². The number of carbonyl (C=O) groups is 1. The maximum absolute atomic E-state index is 13.4. The van der Waals surface area contributed by atoms with Crippen LogP contribution in [0.15, 0.2) is 12.1 Å². The van der Waals surface area contributed by atoms with Crippen molar-refractivity contribution in [3.05, 3.63) is 33.6 Å². The third-order valence-corrected chi connectivity index (χ3v) is 4.03. The molecule has 0 aromatic heterocycles. The Kier molecular flexibility index (Phi) is 4.66. The summed E-state index contributed by atoms with van der Waals surface area (Å²) in [7, 11) is 1.91. The largest absolute Gasteiger partial charge is 0.338 e. The van der Waals surface area contributed by atoms with Crippen LogP contribution < -0.4 is 5.32 Å². The molecule has 1 aliphatic rings. The molecule has 0 bridgehead atoms.